The number of phenols is 1. The van der Waals surface area contributed by atoms with Crippen LogP contribution in [0.5, 0.6) is 5.75 Å². The second-order valence-corrected chi connectivity index (χ2v) is 5.54. The van der Waals surface area contributed by atoms with E-state index in [-0.39, 0.29) is 36.6 Å². The van der Waals surface area contributed by atoms with Gasteiger partial charge in [0.2, 0.25) is 0 Å². The minimum atomic E-state index is -0.639. The number of nitriles is 1. The van der Waals surface area contributed by atoms with E-state index in [4.69, 9.17) is 0 Å². The van der Waals surface area contributed by atoms with Crippen LogP contribution < -0.4 is 5.32 Å². The number of piperazine rings is 1. The van der Waals surface area contributed by atoms with Gasteiger partial charge in [-0.1, -0.05) is 0 Å². The Bertz CT molecular complexity index is 554. The van der Waals surface area contributed by atoms with Crippen molar-refractivity contribution in [2.75, 3.05) is 26.2 Å². The third-order valence-electron chi connectivity index (χ3n) is 4.20. The molecule has 0 spiro atoms. The van der Waals surface area contributed by atoms with Crippen molar-refractivity contribution < 1.29 is 9.50 Å². The Morgan fingerprint density at radius 3 is 2.45 bits per heavy atom. The van der Waals surface area contributed by atoms with Gasteiger partial charge in [0.25, 0.3) is 0 Å². The fraction of sp³-hybridized carbons (Fsp3) is 0.533. The van der Waals surface area contributed by atoms with Gasteiger partial charge in [-0.3, -0.25) is 4.90 Å². The van der Waals surface area contributed by atoms with Gasteiger partial charge in [0.15, 0.2) is 11.6 Å². The number of nitrogens with one attached hydrogen (secondary N) is 1. The van der Waals surface area contributed by atoms with Crippen molar-refractivity contribution in [1.29, 1.82) is 5.26 Å². The number of halogens is 3. The SMILES string of the molecule is Cl.Cl.N#Cc1ccc(F)c(O)c1[C@@H](C1CC1)N1CCNCC1. The van der Waals surface area contributed by atoms with Crippen molar-refractivity contribution in [2.24, 2.45) is 5.92 Å². The summed E-state index contributed by atoms with van der Waals surface area (Å²) in [6.07, 6.45) is 2.16. The second kappa shape index (κ2) is 7.98. The smallest absolute Gasteiger partial charge is 0.165 e. The second-order valence-electron chi connectivity index (χ2n) is 5.54. The van der Waals surface area contributed by atoms with E-state index in [1.807, 2.05) is 0 Å². The maximum Gasteiger partial charge on any atom is 0.165 e. The van der Waals surface area contributed by atoms with E-state index in [1.165, 1.54) is 12.1 Å². The summed E-state index contributed by atoms with van der Waals surface area (Å²) in [5, 5.41) is 22.7. The normalized spacial score (nSPS) is 19.5. The highest BCUT2D eigenvalue weighted by molar-refractivity contribution is 5.85. The molecule has 2 N–H and O–H groups in total. The van der Waals surface area contributed by atoms with E-state index >= 15 is 0 Å². The molecular formula is C15H20Cl2FN3O. The maximum atomic E-state index is 13.7. The maximum absolute atomic E-state index is 13.7. The molecule has 1 aromatic rings. The first-order valence-corrected chi connectivity index (χ1v) is 7.08. The van der Waals surface area contributed by atoms with Gasteiger partial charge in [-0.25, -0.2) is 4.39 Å². The van der Waals surface area contributed by atoms with Crippen molar-refractivity contribution in [2.45, 2.75) is 18.9 Å². The highest BCUT2D eigenvalue weighted by atomic mass is 35.5. The summed E-state index contributed by atoms with van der Waals surface area (Å²) >= 11 is 0. The molecule has 22 heavy (non-hydrogen) atoms. The van der Waals surface area contributed by atoms with Crippen molar-refractivity contribution in [3.63, 3.8) is 0 Å². The zero-order valence-electron chi connectivity index (χ0n) is 12.1. The molecule has 1 saturated carbocycles. The van der Waals surface area contributed by atoms with E-state index in [0.717, 1.165) is 39.0 Å². The summed E-state index contributed by atoms with van der Waals surface area (Å²) in [5.74, 6) is -0.563. The molecule has 1 aromatic carbocycles. The number of hydrogen-bond donors (Lipinski definition) is 2. The van der Waals surface area contributed by atoms with Crippen LogP contribution in [0.1, 0.15) is 30.0 Å². The molecular weight excluding hydrogens is 328 g/mol. The van der Waals surface area contributed by atoms with Crippen LogP contribution in [0.2, 0.25) is 0 Å². The number of nitrogens with zero attached hydrogens (tertiary/aromatic N) is 2. The summed E-state index contributed by atoms with van der Waals surface area (Å²) < 4.78 is 13.7. The fourth-order valence-electron chi connectivity index (χ4n) is 3.07. The minimum absolute atomic E-state index is 0. The zero-order valence-corrected chi connectivity index (χ0v) is 13.7. The van der Waals surface area contributed by atoms with Gasteiger partial charge in [-0.2, -0.15) is 5.26 Å². The average molecular weight is 348 g/mol. The van der Waals surface area contributed by atoms with Gasteiger partial charge >= 0.3 is 0 Å². The van der Waals surface area contributed by atoms with Crippen LogP contribution in [0.4, 0.5) is 4.39 Å². The molecule has 1 heterocycles. The molecule has 0 radical (unpaired) electrons. The van der Waals surface area contributed by atoms with Gasteiger partial charge in [0.05, 0.1) is 11.6 Å². The van der Waals surface area contributed by atoms with E-state index in [1.54, 1.807) is 0 Å². The molecule has 3 rings (SSSR count). The van der Waals surface area contributed by atoms with E-state index in [2.05, 4.69) is 16.3 Å². The predicted octanol–water partition coefficient (Wildman–Crippen LogP) is 2.60. The quantitative estimate of drug-likeness (QED) is 0.882. The first-order valence-electron chi connectivity index (χ1n) is 7.08. The van der Waals surface area contributed by atoms with Gasteiger partial charge in [0.1, 0.15) is 0 Å². The van der Waals surface area contributed by atoms with Crippen LogP contribution in [0, 0.1) is 23.1 Å². The average Bonchev–Trinajstić information content (AvgIpc) is 3.30. The van der Waals surface area contributed by atoms with E-state index < -0.39 is 5.82 Å². The number of hydrogen-bond acceptors (Lipinski definition) is 4. The molecule has 0 bridgehead atoms. The Labute approximate surface area is 142 Å². The molecule has 0 amide bonds. The fourth-order valence-corrected chi connectivity index (χ4v) is 3.07. The molecule has 7 heteroatoms. The number of phenolic OH excluding ortho intramolecular Hbond substituents is 1. The first kappa shape index (κ1) is 19.0. The Kier molecular flexibility index (Phi) is 6.89. The summed E-state index contributed by atoms with van der Waals surface area (Å²) in [7, 11) is 0. The van der Waals surface area contributed by atoms with Gasteiger partial charge in [-0.05, 0) is 30.9 Å². The third-order valence-corrected chi connectivity index (χ3v) is 4.20. The lowest BCUT2D eigenvalue weighted by Crippen LogP contribution is -2.45. The summed E-state index contributed by atoms with van der Waals surface area (Å²) in [4.78, 5) is 2.27. The summed E-state index contributed by atoms with van der Waals surface area (Å²) in [6.45, 7) is 3.51. The lowest BCUT2D eigenvalue weighted by Gasteiger charge is -2.36. The molecule has 122 valence electrons. The van der Waals surface area contributed by atoms with Crippen molar-refractivity contribution in [3.05, 3.63) is 29.1 Å². The lowest BCUT2D eigenvalue weighted by molar-refractivity contribution is 0.153. The zero-order chi connectivity index (χ0) is 14.1. The first-order chi connectivity index (χ1) is 9.72. The van der Waals surface area contributed by atoms with Crippen molar-refractivity contribution >= 4 is 24.8 Å². The Morgan fingerprint density at radius 1 is 1.27 bits per heavy atom. The Balaban J connectivity index is 0.00000121. The molecule has 2 aliphatic rings. The topological polar surface area (TPSA) is 59.3 Å². The lowest BCUT2D eigenvalue weighted by atomic mass is 9.94. The molecule has 2 fully saturated rings. The monoisotopic (exact) mass is 347 g/mol. The highest BCUT2D eigenvalue weighted by Gasteiger charge is 2.39. The number of benzene rings is 1. The van der Waals surface area contributed by atoms with E-state index in [0.29, 0.717) is 17.0 Å². The van der Waals surface area contributed by atoms with Crippen LogP contribution in [-0.2, 0) is 0 Å². The van der Waals surface area contributed by atoms with Crippen LogP contribution >= 0.6 is 24.8 Å². The largest absolute Gasteiger partial charge is 0.505 e. The van der Waals surface area contributed by atoms with Crippen LogP contribution in [0.15, 0.2) is 12.1 Å². The standard InChI is InChI=1S/C15H18FN3O.2ClH/c16-12-4-3-11(9-17)13(15(12)20)14(10-1-2-10)19-7-5-18-6-8-19;;/h3-4,10,14,18,20H,1-2,5-8H2;2*1H/t14-;;/m1../s1. The number of rotatable bonds is 3. The van der Waals surface area contributed by atoms with Gasteiger partial charge in [-0.15, -0.1) is 24.8 Å². The molecule has 1 aliphatic carbocycles. The Hall–Kier alpha value is -1.06. The molecule has 1 saturated heterocycles. The minimum Gasteiger partial charge on any atom is -0.505 e. The molecule has 4 nitrogen and oxygen atoms in total. The molecule has 1 atom stereocenters. The Morgan fingerprint density at radius 2 is 1.91 bits per heavy atom. The van der Waals surface area contributed by atoms with Gasteiger partial charge in [0, 0.05) is 37.8 Å². The summed E-state index contributed by atoms with van der Waals surface area (Å²) in [6, 6.07) is 4.70. The molecule has 0 unspecified atom stereocenters. The predicted molar refractivity (Wildman–Crippen MR) is 87.2 cm³/mol. The van der Waals surface area contributed by atoms with Crippen LogP contribution in [-0.4, -0.2) is 36.2 Å². The van der Waals surface area contributed by atoms with E-state index in [9.17, 15) is 14.8 Å². The highest BCUT2D eigenvalue weighted by Crippen LogP contribution is 2.48. The summed E-state index contributed by atoms with van der Waals surface area (Å²) in [5.41, 5.74) is 0.872. The third kappa shape index (κ3) is 3.64. The molecule has 1 aliphatic heterocycles. The van der Waals surface area contributed by atoms with Crippen molar-refractivity contribution in [3.8, 4) is 11.8 Å². The van der Waals surface area contributed by atoms with Gasteiger partial charge < -0.3 is 10.4 Å². The molecule has 0 aromatic heterocycles. The van der Waals surface area contributed by atoms with Crippen LogP contribution in [0.3, 0.4) is 0 Å². The number of aromatic hydroxyl groups is 1. The van der Waals surface area contributed by atoms with Crippen molar-refractivity contribution in [1.82, 2.24) is 10.2 Å². The van der Waals surface area contributed by atoms with Crippen LogP contribution in [0.25, 0.3) is 0 Å².